The van der Waals surface area contributed by atoms with Gasteiger partial charge in [0.2, 0.25) is 0 Å². The Labute approximate surface area is 159 Å². The largest absolute Gasteiger partial charge is 0.393 e. The lowest BCUT2D eigenvalue weighted by Crippen LogP contribution is -2.70. The molecule has 0 bridgehead atoms. The first kappa shape index (κ1) is 22.2. The fraction of sp³-hybridized carbons (Fsp3) is 1.00. The highest BCUT2D eigenvalue weighted by Gasteiger charge is 2.81. The molecule has 1 aliphatic heterocycles. The van der Waals surface area contributed by atoms with Crippen LogP contribution < -0.4 is 0 Å². The van der Waals surface area contributed by atoms with E-state index >= 15 is 0 Å². The van der Waals surface area contributed by atoms with E-state index in [1.165, 1.54) is 0 Å². The Balaban J connectivity index is 1.87. The lowest BCUT2D eigenvalue weighted by Gasteiger charge is -2.48. The molecule has 12 nitrogen and oxygen atoms in total. The van der Waals surface area contributed by atoms with Gasteiger partial charge in [-0.3, -0.25) is 0 Å². The zero-order valence-electron chi connectivity index (χ0n) is 15.0. The monoisotopic (exact) mass is 412 g/mol. The van der Waals surface area contributed by atoms with Gasteiger partial charge in [-0.25, -0.2) is 0 Å². The van der Waals surface area contributed by atoms with Crippen LogP contribution in [0.25, 0.3) is 0 Å². The Morgan fingerprint density at radius 1 is 0.750 bits per heavy atom. The highest BCUT2D eigenvalue weighted by atomic mass is 16.8. The number of hydrogen-bond acceptors (Lipinski definition) is 12. The molecule has 2 saturated carbocycles. The lowest BCUT2D eigenvalue weighted by molar-refractivity contribution is -0.435. The molecule has 9 atom stereocenters. The van der Waals surface area contributed by atoms with Crippen molar-refractivity contribution in [1.29, 1.82) is 0 Å². The van der Waals surface area contributed by atoms with Crippen molar-refractivity contribution >= 4 is 0 Å². The molecule has 0 aromatic carbocycles. The average molecular weight is 412 g/mol. The van der Waals surface area contributed by atoms with Crippen LogP contribution in [0.3, 0.4) is 0 Å². The molecule has 164 valence electrons. The molecule has 0 aromatic heterocycles. The molecule has 0 radical (unpaired) electrons. The second-order valence-corrected chi connectivity index (χ2v) is 8.10. The van der Waals surface area contributed by atoms with Gasteiger partial charge in [-0.05, 0) is 37.5 Å². The maximum atomic E-state index is 10.7. The number of rotatable bonds is 4. The molecule has 0 aromatic rings. The third-order valence-electron chi connectivity index (χ3n) is 6.29. The van der Waals surface area contributed by atoms with E-state index in [0.29, 0.717) is 0 Å². The molecular formula is C16H28O12. The van der Waals surface area contributed by atoms with Gasteiger partial charge in [-0.15, -0.1) is 0 Å². The molecule has 9 unspecified atom stereocenters. The molecule has 12 heteroatoms. The number of fused-ring (bicyclic) bond motifs is 1. The van der Waals surface area contributed by atoms with Gasteiger partial charge < -0.3 is 60.5 Å². The van der Waals surface area contributed by atoms with Gasteiger partial charge in [0.15, 0.2) is 0 Å². The first-order valence-corrected chi connectivity index (χ1v) is 9.10. The highest BCUT2D eigenvalue weighted by Crippen LogP contribution is 2.52. The molecule has 3 rings (SSSR count). The Bertz CT molecular complexity index is 588. The topological polar surface area (TPSA) is 221 Å². The zero-order valence-corrected chi connectivity index (χ0v) is 15.0. The lowest BCUT2D eigenvalue weighted by atomic mass is 9.66. The van der Waals surface area contributed by atoms with Crippen LogP contribution >= 0.6 is 0 Å². The van der Waals surface area contributed by atoms with Crippen molar-refractivity contribution in [3.8, 4) is 0 Å². The van der Waals surface area contributed by atoms with Crippen LogP contribution in [0.15, 0.2) is 0 Å². The first-order chi connectivity index (χ1) is 12.8. The maximum absolute atomic E-state index is 10.7. The summed E-state index contributed by atoms with van der Waals surface area (Å²) in [5.41, 5.74) is 0. The zero-order chi connectivity index (χ0) is 21.1. The minimum atomic E-state index is -3.77. The average Bonchev–Trinajstić information content (AvgIpc) is 2.72. The normalized spacial score (nSPS) is 53.8. The van der Waals surface area contributed by atoms with Crippen LogP contribution in [0.5, 0.6) is 0 Å². The summed E-state index contributed by atoms with van der Waals surface area (Å²) in [6.45, 7) is -2.91. The van der Waals surface area contributed by atoms with Gasteiger partial charge >= 0.3 is 0 Å². The smallest absolute Gasteiger partial charge is 0.285 e. The molecule has 2 aliphatic carbocycles. The van der Waals surface area contributed by atoms with E-state index in [1.807, 2.05) is 0 Å². The minimum Gasteiger partial charge on any atom is -0.393 e. The number of aliphatic hydroxyl groups excluding tert-OH is 5. The fourth-order valence-electron chi connectivity index (χ4n) is 4.69. The van der Waals surface area contributed by atoms with Gasteiger partial charge in [0.25, 0.3) is 23.1 Å². The number of ether oxygens (including phenoxy) is 2. The predicted octanol–water partition coefficient (Wildman–Crippen LogP) is -4.96. The van der Waals surface area contributed by atoms with Crippen molar-refractivity contribution in [3.63, 3.8) is 0 Å². The minimum absolute atomic E-state index is 0.00701. The molecule has 28 heavy (non-hydrogen) atoms. The van der Waals surface area contributed by atoms with E-state index in [1.54, 1.807) is 0 Å². The highest BCUT2D eigenvalue weighted by molar-refractivity contribution is 5.11. The molecular weight excluding hydrogens is 384 g/mol. The first-order valence-electron chi connectivity index (χ1n) is 9.10. The molecule has 0 amide bonds. The quantitative estimate of drug-likeness (QED) is 0.196. The van der Waals surface area contributed by atoms with E-state index in [-0.39, 0.29) is 25.7 Å². The van der Waals surface area contributed by atoms with Gasteiger partial charge in [0.05, 0.1) is 24.4 Å². The van der Waals surface area contributed by atoms with Crippen LogP contribution in [-0.2, 0) is 9.47 Å². The summed E-state index contributed by atoms with van der Waals surface area (Å²) in [6.07, 6.45) is -3.84. The van der Waals surface area contributed by atoms with Crippen molar-refractivity contribution in [3.05, 3.63) is 0 Å². The predicted molar refractivity (Wildman–Crippen MR) is 85.6 cm³/mol. The Hall–Kier alpha value is -0.480. The van der Waals surface area contributed by atoms with E-state index in [9.17, 15) is 51.1 Å². The summed E-state index contributed by atoms with van der Waals surface area (Å²) in [4.78, 5) is 0. The van der Waals surface area contributed by atoms with E-state index in [0.717, 1.165) is 0 Å². The van der Waals surface area contributed by atoms with Gasteiger partial charge in [-0.2, -0.15) is 0 Å². The summed E-state index contributed by atoms with van der Waals surface area (Å²) >= 11 is 0. The molecule has 1 saturated heterocycles. The van der Waals surface area contributed by atoms with Crippen LogP contribution in [0.2, 0.25) is 0 Å². The Morgan fingerprint density at radius 2 is 1.29 bits per heavy atom. The second kappa shape index (κ2) is 7.04. The standard InChI is InChI=1S/C16H28O12/c17-5-13(22)15(24,25)16(26,14(23,6-18)28-13)27-8-3-10-9(12(21)4-8)1-7(19)2-11(10)20/h7-12,17-26H,1-6H2. The van der Waals surface area contributed by atoms with Crippen LogP contribution in [-0.4, -0.2) is 112 Å². The van der Waals surface area contributed by atoms with Crippen molar-refractivity contribution < 1.29 is 60.5 Å². The maximum Gasteiger partial charge on any atom is 0.285 e. The van der Waals surface area contributed by atoms with E-state index in [2.05, 4.69) is 4.74 Å². The third kappa shape index (κ3) is 3.00. The van der Waals surface area contributed by atoms with Crippen LogP contribution in [0, 0.1) is 11.8 Å². The van der Waals surface area contributed by atoms with Crippen molar-refractivity contribution in [2.24, 2.45) is 11.8 Å². The summed E-state index contributed by atoms with van der Waals surface area (Å²) in [5.74, 6) is -14.8. The van der Waals surface area contributed by atoms with Crippen molar-refractivity contribution in [2.45, 2.75) is 73.2 Å². The number of aliphatic hydroxyl groups is 10. The van der Waals surface area contributed by atoms with Crippen LogP contribution in [0.1, 0.15) is 25.7 Å². The molecule has 10 N–H and O–H groups in total. The van der Waals surface area contributed by atoms with Gasteiger partial charge in [0, 0.05) is 0 Å². The summed E-state index contributed by atoms with van der Waals surface area (Å²) in [6, 6.07) is 0. The third-order valence-corrected chi connectivity index (χ3v) is 6.29. The second-order valence-electron chi connectivity index (χ2n) is 8.10. The Kier molecular flexibility index (Phi) is 5.59. The SMILES string of the molecule is OCC1(O)OC(O)(CO)C(O)(OC2CC(O)C3CC(O)CC(O)C3C2)C1(O)O. The summed E-state index contributed by atoms with van der Waals surface area (Å²) in [5, 5.41) is 101. The fourth-order valence-corrected chi connectivity index (χ4v) is 4.69. The summed E-state index contributed by atoms with van der Waals surface area (Å²) < 4.78 is 9.84. The number of hydrogen-bond donors (Lipinski definition) is 10. The van der Waals surface area contributed by atoms with E-state index < -0.39 is 72.6 Å². The van der Waals surface area contributed by atoms with E-state index in [4.69, 9.17) is 4.74 Å². The molecule has 0 spiro atoms. The molecule has 3 fully saturated rings. The van der Waals surface area contributed by atoms with Crippen LogP contribution in [0.4, 0.5) is 0 Å². The summed E-state index contributed by atoms with van der Waals surface area (Å²) in [7, 11) is 0. The van der Waals surface area contributed by atoms with Crippen molar-refractivity contribution in [2.75, 3.05) is 13.2 Å². The van der Waals surface area contributed by atoms with Gasteiger partial charge in [-0.1, -0.05) is 0 Å². The molecule has 1 heterocycles. The Morgan fingerprint density at radius 3 is 1.86 bits per heavy atom. The molecule has 3 aliphatic rings. The van der Waals surface area contributed by atoms with Crippen molar-refractivity contribution in [1.82, 2.24) is 0 Å². The van der Waals surface area contributed by atoms with Gasteiger partial charge in [0.1, 0.15) is 13.2 Å².